The van der Waals surface area contributed by atoms with E-state index in [1.165, 1.54) is 12.1 Å². The Morgan fingerprint density at radius 2 is 1.43 bits per heavy atom. The van der Waals surface area contributed by atoms with Crippen LogP contribution in [0.25, 0.3) is 11.1 Å². The lowest BCUT2D eigenvalue weighted by Crippen LogP contribution is -2.50. The molecule has 4 aromatic rings. The van der Waals surface area contributed by atoms with Crippen LogP contribution in [0.4, 0.5) is 18.9 Å². The number of nitrogens with two attached hydrogens (primary N) is 1. The van der Waals surface area contributed by atoms with Crippen LogP contribution in [-0.2, 0) is 38.9 Å². The minimum absolute atomic E-state index is 0.125. The lowest BCUT2D eigenvalue weighted by molar-refractivity contribution is -0.176. The average molecular weight is 631 g/mol. The largest absolute Gasteiger partial charge is 0.443 e. The summed E-state index contributed by atoms with van der Waals surface area (Å²) in [5, 5.41) is 2.91. The van der Waals surface area contributed by atoms with Gasteiger partial charge >= 0.3 is 12.1 Å². The Bertz CT molecular complexity index is 1680. The molecule has 0 heterocycles. The Balaban J connectivity index is 1.56. The van der Waals surface area contributed by atoms with Gasteiger partial charge in [0.15, 0.2) is 0 Å². The first-order chi connectivity index (χ1) is 21.9. The molecular formula is C37H37F3N2O4. The second-order valence-corrected chi connectivity index (χ2v) is 11.1. The number of rotatable bonds is 12. The molecule has 0 aliphatic heterocycles. The number of aryl methyl sites for hydroxylation is 1. The van der Waals surface area contributed by atoms with Gasteiger partial charge in [0, 0.05) is 22.7 Å². The summed E-state index contributed by atoms with van der Waals surface area (Å²) in [7, 11) is 0. The zero-order valence-corrected chi connectivity index (χ0v) is 26.0. The second-order valence-electron chi connectivity index (χ2n) is 11.1. The van der Waals surface area contributed by atoms with E-state index in [1.807, 2.05) is 26.8 Å². The zero-order chi connectivity index (χ0) is 33.5. The van der Waals surface area contributed by atoms with Crippen LogP contribution in [-0.4, -0.2) is 17.8 Å². The topological polar surface area (TPSA) is 98.5 Å². The minimum atomic E-state index is -4.46. The van der Waals surface area contributed by atoms with Gasteiger partial charge < -0.3 is 15.8 Å². The molecule has 0 bridgehead atoms. The van der Waals surface area contributed by atoms with Crippen LogP contribution in [0.15, 0.2) is 97.1 Å². The summed E-state index contributed by atoms with van der Waals surface area (Å²) in [6.45, 7) is 5.75. The Labute approximate surface area is 266 Å². The molecule has 0 aliphatic carbocycles. The average Bonchev–Trinajstić information content (AvgIpc) is 3.05. The van der Waals surface area contributed by atoms with Crippen LogP contribution in [0.5, 0.6) is 0 Å². The number of hydrogen-bond donors (Lipinski definition) is 2. The van der Waals surface area contributed by atoms with Crippen molar-refractivity contribution in [3.63, 3.8) is 0 Å². The molecule has 0 radical (unpaired) electrons. The summed E-state index contributed by atoms with van der Waals surface area (Å²) in [5.74, 6) is -2.11. The van der Waals surface area contributed by atoms with Crippen molar-refractivity contribution in [2.45, 2.75) is 58.2 Å². The van der Waals surface area contributed by atoms with Crippen LogP contribution in [0.2, 0.25) is 0 Å². The number of hydrogen-bond acceptors (Lipinski definition) is 4. The minimum Gasteiger partial charge on any atom is -0.443 e. The molecule has 9 heteroatoms. The summed E-state index contributed by atoms with van der Waals surface area (Å²) in [6.07, 6.45) is -2.92. The highest BCUT2D eigenvalue weighted by atomic mass is 19.4. The van der Waals surface area contributed by atoms with E-state index < -0.39 is 35.1 Å². The second kappa shape index (κ2) is 14.5. The van der Waals surface area contributed by atoms with Gasteiger partial charge in [0.2, 0.25) is 5.60 Å². The number of primary amides is 1. The maximum Gasteiger partial charge on any atom is 0.416 e. The summed E-state index contributed by atoms with van der Waals surface area (Å²) in [4.78, 5) is 39.8. The molecule has 6 nitrogen and oxygen atoms in total. The van der Waals surface area contributed by atoms with E-state index in [1.54, 1.807) is 66.7 Å². The fourth-order valence-electron chi connectivity index (χ4n) is 5.84. The van der Waals surface area contributed by atoms with Crippen molar-refractivity contribution in [3.05, 3.63) is 125 Å². The molecule has 46 heavy (non-hydrogen) atoms. The Kier molecular flexibility index (Phi) is 10.7. The van der Waals surface area contributed by atoms with E-state index in [4.69, 9.17) is 10.5 Å². The van der Waals surface area contributed by atoms with Gasteiger partial charge in [0.25, 0.3) is 11.8 Å². The van der Waals surface area contributed by atoms with E-state index in [2.05, 4.69) is 5.32 Å². The molecule has 0 saturated carbocycles. The highest BCUT2D eigenvalue weighted by Crippen LogP contribution is 2.38. The van der Waals surface area contributed by atoms with Crippen molar-refractivity contribution in [2.75, 3.05) is 5.32 Å². The highest BCUT2D eigenvalue weighted by molar-refractivity contribution is 6.09. The van der Waals surface area contributed by atoms with Gasteiger partial charge in [0.05, 0.1) is 12.0 Å². The van der Waals surface area contributed by atoms with Gasteiger partial charge in [-0.1, -0.05) is 93.6 Å². The standard InChI is InChI=1S/C37H37F3N2O4/c1-4-25-22-24(23-33(43)46-36(35(41)45,27(5-2)6-3)28-12-8-7-9-13-28)16-21-32(25)42-34(44)31-15-11-10-14-30(31)26-17-19-29(20-18-26)37(38,39)40/h7-22,27H,4-6,23H2,1-3H3,(H2,41,45)(H,42,44). The number of halogens is 3. The van der Waals surface area contributed by atoms with E-state index in [0.717, 1.165) is 17.7 Å². The SMILES string of the molecule is CCc1cc(CC(=O)OC(C(N)=O)(c2ccccc2)C(CC)CC)ccc1NC(=O)c1ccccc1-c1ccc(C(F)(F)F)cc1. The van der Waals surface area contributed by atoms with Crippen molar-refractivity contribution in [1.29, 1.82) is 0 Å². The Hall–Kier alpha value is -4.92. The summed E-state index contributed by atoms with van der Waals surface area (Å²) < 4.78 is 45.2. The number of ether oxygens (including phenoxy) is 1. The van der Waals surface area contributed by atoms with Gasteiger partial charge in [-0.15, -0.1) is 0 Å². The molecule has 0 fully saturated rings. The normalized spacial score (nSPS) is 12.8. The molecular weight excluding hydrogens is 593 g/mol. The molecule has 0 saturated heterocycles. The number of benzene rings is 4. The third-order valence-corrected chi connectivity index (χ3v) is 8.25. The molecule has 0 spiro atoms. The van der Waals surface area contributed by atoms with Crippen molar-refractivity contribution in [1.82, 2.24) is 0 Å². The lowest BCUT2D eigenvalue weighted by atomic mass is 9.77. The lowest BCUT2D eigenvalue weighted by Gasteiger charge is -2.37. The zero-order valence-electron chi connectivity index (χ0n) is 26.0. The first-order valence-corrected chi connectivity index (χ1v) is 15.2. The number of alkyl halides is 3. The van der Waals surface area contributed by atoms with Gasteiger partial charge in [0.1, 0.15) is 0 Å². The van der Waals surface area contributed by atoms with Gasteiger partial charge in [-0.25, -0.2) is 0 Å². The number of amides is 2. The maximum atomic E-state index is 13.4. The van der Waals surface area contributed by atoms with Crippen LogP contribution in [0.1, 0.15) is 66.2 Å². The van der Waals surface area contributed by atoms with E-state index in [0.29, 0.717) is 52.8 Å². The molecule has 1 unspecified atom stereocenters. The summed E-state index contributed by atoms with van der Waals surface area (Å²) in [6, 6.07) is 25.3. The first kappa shape index (κ1) is 34.0. The van der Waals surface area contributed by atoms with Gasteiger partial charge in [-0.3, -0.25) is 14.4 Å². The van der Waals surface area contributed by atoms with E-state index >= 15 is 0 Å². The first-order valence-electron chi connectivity index (χ1n) is 15.2. The van der Waals surface area contributed by atoms with Crippen LogP contribution < -0.4 is 11.1 Å². The number of carbonyl (C=O) groups excluding carboxylic acids is 3. The maximum absolute atomic E-state index is 13.4. The molecule has 3 N–H and O–H groups in total. The third-order valence-electron chi connectivity index (χ3n) is 8.25. The van der Waals surface area contributed by atoms with Crippen molar-refractivity contribution >= 4 is 23.5 Å². The van der Waals surface area contributed by atoms with Gasteiger partial charge in [-0.05, 0) is 65.8 Å². The molecule has 4 aromatic carbocycles. The van der Waals surface area contributed by atoms with Crippen LogP contribution >= 0.6 is 0 Å². The smallest absolute Gasteiger partial charge is 0.416 e. The van der Waals surface area contributed by atoms with Crippen molar-refractivity contribution in [2.24, 2.45) is 11.7 Å². The summed E-state index contributed by atoms with van der Waals surface area (Å²) in [5.41, 5.74) is 7.22. The molecule has 1 atom stereocenters. The highest BCUT2D eigenvalue weighted by Gasteiger charge is 2.48. The molecule has 0 aromatic heterocycles. The number of nitrogens with one attached hydrogen (secondary N) is 1. The van der Waals surface area contributed by atoms with Crippen LogP contribution in [0.3, 0.4) is 0 Å². The van der Waals surface area contributed by atoms with Crippen molar-refractivity contribution < 1.29 is 32.3 Å². The fraction of sp³-hybridized carbons (Fsp3) is 0.270. The van der Waals surface area contributed by atoms with Crippen LogP contribution in [0, 0.1) is 5.92 Å². The Morgan fingerprint density at radius 1 is 0.804 bits per heavy atom. The predicted octanol–water partition coefficient (Wildman–Crippen LogP) is 8.09. The van der Waals surface area contributed by atoms with E-state index in [9.17, 15) is 27.6 Å². The number of esters is 1. The number of carbonyl (C=O) groups is 3. The van der Waals surface area contributed by atoms with Gasteiger partial charge in [-0.2, -0.15) is 13.2 Å². The third kappa shape index (κ3) is 7.30. The van der Waals surface area contributed by atoms with E-state index in [-0.39, 0.29) is 12.3 Å². The Morgan fingerprint density at radius 3 is 2.02 bits per heavy atom. The number of anilines is 1. The summed E-state index contributed by atoms with van der Waals surface area (Å²) >= 11 is 0. The quantitative estimate of drug-likeness (QED) is 0.155. The molecule has 4 rings (SSSR count). The fourth-order valence-corrected chi connectivity index (χ4v) is 5.84. The molecule has 0 aliphatic rings. The van der Waals surface area contributed by atoms with Crippen molar-refractivity contribution in [3.8, 4) is 11.1 Å². The monoisotopic (exact) mass is 630 g/mol. The molecule has 2 amide bonds. The predicted molar refractivity (Wildman–Crippen MR) is 172 cm³/mol. The molecule has 240 valence electrons.